The predicted molar refractivity (Wildman–Crippen MR) is 77.8 cm³/mol. The Balaban J connectivity index is 2.09. The number of aromatic nitrogens is 2. The van der Waals surface area contributed by atoms with Crippen molar-refractivity contribution in [1.82, 2.24) is 9.97 Å². The number of aromatic carboxylic acids is 1. The number of carbonyl (C=O) groups is 1. The lowest BCUT2D eigenvalue weighted by Gasteiger charge is -2.09. The third-order valence-electron chi connectivity index (χ3n) is 3.04. The van der Waals surface area contributed by atoms with E-state index >= 15 is 0 Å². The van der Waals surface area contributed by atoms with Crippen molar-refractivity contribution in [1.29, 1.82) is 0 Å². The molecule has 21 heavy (non-hydrogen) atoms. The molecule has 0 aliphatic rings. The lowest BCUT2D eigenvalue weighted by atomic mass is 10.1. The summed E-state index contributed by atoms with van der Waals surface area (Å²) in [5.41, 5.74) is 0.984. The Morgan fingerprint density at radius 1 is 1.10 bits per heavy atom. The van der Waals surface area contributed by atoms with E-state index in [0.717, 1.165) is 16.3 Å². The maximum Gasteiger partial charge on any atom is 0.339 e. The van der Waals surface area contributed by atoms with Crippen LogP contribution in [0.25, 0.3) is 10.8 Å². The first-order valence-corrected chi connectivity index (χ1v) is 6.36. The van der Waals surface area contributed by atoms with Gasteiger partial charge in [0.15, 0.2) is 0 Å². The molecule has 0 unspecified atom stereocenters. The van der Waals surface area contributed by atoms with Crippen LogP contribution in [0, 0.1) is 6.92 Å². The number of aryl methyl sites for hydroxylation is 1. The Morgan fingerprint density at radius 2 is 1.71 bits per heavy atom. The van der Waals surface area contributed by atoms with Crippen LogP contribution in [0.4, 0.5) is 0 Å². The highest BCUT2D eigenvalue weighted by atomic mass is 16.5. The molecule has 3 aromatic rings. The minimum absolute atomic E-state index is 0.0814. The molecule has 0 saturated carbocycles. The number of carboxylic acid groups (broad SMARTS) is 1. The Morgan fingerprint density at radius 3 is 2.33 bits per heavy atom. The average Bonchev–Trinajstić information content (AvgIpc) is 2.48. The number of hydrogen-bond acceptors (Lipinski definition) is 4. The van der Waals surface area contributed by atoms with Crippen LogP contribution in [0.2, 0.25) is 0 Å². The number of carboxylic acids is 1. The monoisotopic (exact) mass is 280 g/mol. The Kier molecular flexibility index (Phi) is 3.23. The van der Waals surface area contributed by atoms with E-state index in [1.165, 1.54) is 0 Å². The van der Waals surface area contributed by atoms with Crippen LogP contribution in [0.15, 0.2) is 48.8 Å². The van der Waals surface area contributed by atoms with E-state index in [-0.39, 0.29) is 17.3 Å². The number of rotatable bonds is 3. The highest BCUT2D eigenvalue weighted by molar-refractivity contribution is 5.97. The molecule has 5 heteroatoms. The van der Waals surface area contributed by atoms with Crippen LogP contribution in [0.5, 0.6) is 11.8 Å². The summed E-state index contributed by atoms with van der Waals surface area (Å²) in [5, 5.41) is 11.1. The Hall–Kier alpha value is -2.95. The molecular weight excluding hydrogens is 268 g/mol. The van der Waals surface area contributed by atoms with Gasteiger partial charge in [-0.1, -0.05) is 24.3 Å². The van der Waals surface area contributed by atoms with Crippen LogP contribution >= 0.6 is 0 Å². The molecule has 0 aliphatic heterocycles. The normalized spacial score (nSPS) is 10.5. The van der Waals surface area contributed by atoms with Crippen LogP contribution in [-0.2, 0) is 0 Å². The Labute approximate surface area is 120 Å². The third kappa shape index (κ3) is 2.67. The molecule has 1 N–H and O–H groups in total. The molecule has 104 valence electrons. The molecule has 2 aromatic carbocycles. The van der Waals surface area contributed by atoms with E-state index in [0.29, 0.717) is 0 Å². The first kappa shape index (κ1) is 13.1. The number of fused-ring (bicyclic) bond motifs is 1. The van der Waals surface area contributed by atoms with Gasteiger partial charge >= 0.3 is 12.0 Å². The quantitative estimate of drug-likeness (QED) is 0.795. The molecule has 1 aromatic heterocycles. The van der Waals surface area contributed by atoms with Crippen molar-refractivity contribution >= 4 is 16.7 Å². The lowest BCUT2D eigenvalue weighted by molar-refractivity contribution is 0.0694. The first-order chi connectivity index (χ1) is 10.1. The van der Waals surface area contributed by atoms with E-state index in [4.69, 9.17) is 4.74 Å². The van der Waals surface area contributed by atoms with Gasteiger partial charge in [0, 0.05) is 12.4 Å². The van der Waals surface area contributed by atoms with Gasteiger partial charge < -0.3 is 9.84 Å². The maximum atomic E-state index is 11.4. The molecular formula is C16H12N2O3. The molecule has 0 fully saturated rings. The topological polar surface area (TPSA) is 72.3 Å². The van der Waals surface area contributed by atoms with Crippen LogP contribution in [0.1, 0.15) is 15.9 Å². The van der Waals surface area contributed by atoms with Crippen molar-refractivity contribution in [2.45, 2.75) is 6.92 Å². The second kappa shape index (κ2) is 5.20. The van der Waals surface area contributed by atoms with Crippen molar-refractivity contribution in [3.8, 4) is 11.8 Å². The van der Waals surface area contributed by atoms with Crippen molar-refractivity contribution in [2.75, 3.05) is 0 Å². The van der Waals surface area contributed by atoms with Gasteiger partial charge in [-0.25, -0.2) is 14.8 Å². The molecule has 0 atom stereocenters. The van der Waals surface area contributed by atoms with E-state index in [9.17, 15) is 9.90 Å². The van der Waals surface area contributed by atoms with Gasteiger partial charge in [0.1, 0.15) is 11.3 Å². The first-order valence-electron chi connectivity index (χ1n) is 6.36. The predicted octanol–water partition coefficient (Wildman–Crippen LogP) is 3.43. The number of hydrogen-bond donors (Lipinski definition) is 1. The Bertz CT molecular complexity index is 813. The minimum Gasteiger partial charge on any atom is -0.478 e. The summed E-state index contributed by atoms with van der Waals surface area (Å²) in [6, 6.07) is 10.9. The summed E-state index contributed by atoms with van der Waals surface area (Å²) < 4.78 is 5.53. The standard InChI is InChI=1S/C16H12N2O3/c1-10-8-17-16(18-9-10)21-14-7-12-5-3-2-4-11(12)6-13(14)15(19)20/h2-9H,1H3,(H,19,20). The molecule has 0 aliphatic carbocycles. The van der Waals surface area contributed by atoms with Gasteiger partial charge in [0.05, 0.1) is 0 Å². The van der Waals surface area contributed by atoms with Crippen molar-refractivity contribution in [2.24, 2.45) is 0 Å². The molecule has 0 bridgehead atoms. The summed E-state index contributed by atoms with van der Waals surface area (Å²) >= 11 is 0. The lowest BCUT2D eigenvalue weighted by Crippen LogP contribution is -2.01. The van der Waals surface area contributed by atoms with Gasteiger partial charge in [0.2, 0.25) is 0 Å². The van der Waals surface area contributed by atoms with E-state index in [1.54, 1.807) is 24.5 Å². The van der Waals surface area contributed by atoms with Gasteiger partial charge in [-0.15, -0.1) is 0 Å². The molecule has 0 radical (unpaired) electrons. The minimum atomic E-state index is -1.05. The molecule has 3 rings (SSSR count). The van der Waals surface area contributed by atoms with Crippen LogP contribution in [-0.4, -0.2) is 21.0 Å². The van der Waals surface area contributed by atoms with Crippen LogP contribution < -0.4 is 4.74 Å². The van der Waals surface area contributed by atoms with E-state index < -0.39 is 5.97 Å². The summed E-state index contributed by atoms with van der Waals surface area (Å²) in [6.45, 7) is 1.86. The zero-order valence-electron chi connectivity index (χ0n) is 11.3. The number of benzene rings is 2. The number of ether oxygens (including phenoxy) is 1. The largest absolute Gasteiger partial charge is 0.478 e. The SMILES string of the molecule is Cc1cnc(Oc2cc3ccccc3cc2C(=O)O)nc1. The summed E-state index contributed by atoms with van der Waals surface area (Å²) in [6.07, 6.45) is 3.23. The van der Waals surface area contributed by atoms with Crippen LogP contribution in [0.3, 0.4) is 0 Å². The fraction of sp³-hybridized carbons (Fsp3) is 0.0625. The van der Waals surface area contributed by atoms with E-state index in [2.05, 4.69) is 9.97 Å². The molecule has 5 nitrogen and oxygen atoms in total. The molecule has 0 spiro atoms. The second-order valence-corrected chi connectivity index (χ2v) is 4.65. The number of nitrogens with zero attached hydrogens (tertiary/aromatic N) is 2. The van der Waals surface area contributed by atoms with E-state index in [1.807, 2.05) is 31.2 Å². The zero-order valence-corrected chi connectivity index (χ0v) is 11.3. The fourth-order valence-electron chi connectivity index (χ4n) is 2.00. The van der Waals surface area contributed by atoms with Gasteiger partial charge in [-0.05, 0) is 35.4 Å². The third-order valence-corrected chi connectivity index (χ3v) is 3.04. The van der Waals surface area contributed by atoms with Crippen molar-refractivity contribution in [3.63, 3.8) is 0 Å². The summed E-state index contributed by atoms with van der Waals surface area (Å²) in [7, 11) is 0. The van der Waals surface area contributed by atoms with Crippen molar-refractivity contribution < 1.29 is 14.6 Å². The second-order valence-electron chi connectivity index (χ2n) is 4.65. The summed E-state index contributed by atoms with van der Waals surface area (Å²) in [5.74, 6) is -0.826. The van der Waals surface area contributed by atoms with Gasteiger partial charge in [0.25, 0.3) is 0 Å². The molecule has 0 amide bonds. The smallest absolute Gasteiger partial charge is 0.339 e. The van der Waals surface area contributed by atoms with Crippen molar-refractivity contribution in [3.05, 3.63) is 59.9 Å². The zero-order chi connectivity index (χ0) is 14.8. The average molecular weight is 280 g/mol. The maximum absolute atomic E-state index is 11.4. The van der Waals surface area contributed by atoms with Gasteiger partial charge in [-0.2, -0.15) is 0 Å². The summed E-state index contributed by atoms with van der Waals surface area (Å²) in [4.78, 5) is 19.4. The molecule has 0 saturated heterocycles. The fourth-order valence-corrected chi connectivity index (χ4v) is 2.00. The highest BCUT2D eigenvalue weighted by Gasteiger charge is 2.14. The molecule has 1 heterocycles. The van der Waals surface area contributed by atoms with Gasteiger partial charge in [-0.3, -0.25) is 0 Å². The highest BCUT2D eigenvalue weighted by Crippen LogP contribution is 2.28.